The highest BCUT2D eigenvalue weighted by molar-refractivity contribution is 7.41. The van der Waals surface area contributed by atoms with Gasteiger partial charge in [-0.1, -0.05) is 118 Å². The molecule has 0 aliphatic carbocycles. The minimum absolute atomic E-state index is 0.104. The molecule has 0 aliphatic heterocycles. The Labute approximate surface area is 284 Å². The minimum atomic E-state index is -1.86. The van der Waals surface area contributed by atoms with E-state index in [0.717, 1.165) is 22.3 Å². The molecule has 4 aromatic rings. The Morgan fingerprint density at radius 1 is 0.826 bits per heavy atom. The number of carbonyl (C=O) groups is 1. The van der Waals surface area contributed by atoms with Gasteiger partial charge in [-0.3, -0.25) is 4.52 Å². The molecule has 0 bridgehead atoms. The van der Waals surface area contributed by atoms with Crippen LogP contribution in [0.25, 0.3) is 0 Å². The molecule has 0 saturated carbocycles. The first kappa shape index (κ1) is 37.3. The quantitative estimate of drug-likeness (QED) is 0.162. The number of aryl methyl sites for hydroxylation is 1. The Morgan fingerprint density at radius 3 is 2.02 bits per heavy atom. The van der Waals surface area contributed by atoms with Crippen molar-refractivity contribution >= 4 is 37.8 Å². The van der Waals surface area contributed by atoms with Crippen LogP contribution < -0.4 is 9.26 Å². The van der Waals surface area contributed by atoms with E-state index in [4.69, 9.17) is 37.0 Å². The average Bonchev–Trinajstić information content (AvgIpc) is 2.97. The summed E-state index contributed by atoms with van der Waals surface area (Å²) in [5.41, 5.74) is 3.72. The van der Waals surface area contributed by atoms with Gasteiger partial charge < -0.3 is 19.3 Å². The van der Waals surface area contributed by atoms with Gasteiger partial charge in [0.25, 0.3) is 0 Å². The molecular weight excluding hydrogens is 642 g/mol. The number of carboxylic acid groups (broad SMARTS) is 1. The molecule has 0 amide bonds. The second-order valence-corrected chi connectivity index (χ2v) is 14.3. The molecule has 4 aromatic carbocycles. The van der Waals surface area contributed by atoms with Gasteiger partial charge in [0.15, 0.2) is 0 Å². The molecule has 2 unspecified atom stereocenters. The SMILES string of the molecule is CC(C)c1cccc(C(C)(C)c2ccccc2)c1C(Oc1ccc(Cl)cc1Cl)C(=O)O.Cc1ccccc1OP(O)OC(C)(C)C. The summed E-state index contributed by atoms with van der Waals surface area (Å²) < 4.78 is 16.6. The van der Waals surface area contributed by atoms with E-state index in [0.29, 0.717) is 16.3 Å². The van der Waals surface area contributed by atoms with Crippen LogP contribution in [0.1, 0.15) is 88.3 Å². The summed E-state index contributed by atoms with van der Waals surface area (Å²) in [7, 11) is -1.86. The van der Waals surface area contributed by atoms with Gasteiger partial charge in [0, 0.05) is 16.0 Å². The minimum Gasteiger partial charge on any atom is -0.478 e. The third-order valence-corrected chi connectivity index (χ3v) is 8.77. The van der Waals surface area contributed by atoms with E-state index in [1.54, 1.807) is 18.2 Å². The zero-order chi connectivity index (χ0) is 34.2. The summed E-state index contributed by atoms with van der Waals surface area (Å²) >= 11 is 12.3. The third kappa shape index (κ3) is 10.2. The molecule has 0 heterocycles. The maximum Gasteiger partial charge on any atom is 0.394 e. The van der Waals surface area contributed by atoms with Gasteiger partial charge in [-0.2, -0.15) is 0 Å². The first-order chi connectivity index (χ1) is 21.5. The predicted octanol–water partition coefficient (Wildman–Crippen LogP) is 11.1. The van der Waals surface area contributed by atoms with Crippen molar-refractivity contribution in [3.05, 3.63) is 129 Å². The molecule has 0 fully saturated rings. The zero-order valence-electron chi connectivity index (χ0n) is 27.5. The molecule has 0 aliphatic rings. The number of ether oxygens (including phenoxy) is 1. The molecule has 0 saturated heterocycles. The van der Waals surface area contributed by atoms with Crippen LogP contribution in [-0.2, 0) is 14.7 Å². The largest absolute Gasteiger partial charge is 0.478 e. The second-order valence-electron chi connectivity index (χ2n) is 12.7. The highest BCUT2D eigenvalue weighted by atomic mass is 35.5. The highest BCUT2D eigenvalue weighted by Crippen LogP contribution is 2.42. The van der Waals surface area contributed by atoms with Crippen LogP contribution in [-0.4, -0.2) is 21.6 Å². The average molecular weight is 686 g/mol. The van der Waals surface area contributed by atoms with E-state index in [1.165, 1.54) is 0 Å². The van der Waals surface area contributed by atoms with Crippen LogP contribution in [0.2, 0.25) is 10.0 Å². The Morgan fingerprint density at radius 2 is 1.46 bits per heavy atom. The monoisotopic (exact) mass is 684 g/mol. The number of halogens is 2. The standard InChI is InChI=1S/C26H26Cl2O3.C11H17O3P/c1-16(2)19-11-8-12-20(26(3,4)17-9-6-5-7-10-17)23(19)24(25(29)30)31-22-14-13-18(27)15-21(22)28;1-9-7-5-6-8-10(9)13-15(12)14-11(2,3)4/h5-16,24H,1-4H3,(H,29,30);5-8,12H,1-4H3. The molecule has 4 rings (SSSR count). The molecule has 9 heteroatoms. The number of hydrogen-bond donors (Lipinski definition) is 2. The normalized spacial score (nSPS) is 13.0. The summed E-state index contributed by atoms with van der Waals surface area (Å²) in [6, 6.07) is 28.3. The second kappa shape index (κ2) is 16.1. The van der Waals surface area contributed by atoms with Crippen LogP contribution in [0.3, 0.4) is 0 Å². The van der Waals surface area contributed by atoms with Crippen molar-refractivity contribution in [1.82, 2.24) is 0 Å². The molecule has 6 nitrogen and oxygen atoms in total. The Hall–Kier alpha value is -3.12. The summed E-state index contributed by atoms with van der Waals surface area (Å²) in [5.74, 6) is -0.0345. The molecule has 246 valence electrons. The van der Waals surface area contributed by atoms with Gasteiger partial charge in [0.05, 0.1) is 10.6 Å². The van der Waals surface area contributed by atoms with Crippen molar-refractivity contribution in [2.45, 2.75) is 78.4 Å². The van der Waals surface area contributed by atoms with Crippen LogP contribution in [0.4, 0.5) is 0 Å². The van der Waals surface area contributed by atoms with E-state index in [9.17, 15) is 14.8 Å². The summed E-state index contributed by atoms with van der Waals surface area (Å²) in [4.78, 5) is 22.1. The van der Waals surface area contributed by atoms with Gasteiger partial charge in [-0.05, 0) is 80.1 Å². The smallest absolute Gasteiger partial charge is 0.394 e. The molecular formula is C37H43Cl2O6P. The van der Waals surface area contributed by atoms with Gasteiger partial charge in [-0.15, -0.1) is 0 Å². The van der Waals surface area contributed by atoms with Crippen molar-refractivity contribution in [3.63, 3.8) is 0 Å². The number of hydrogen-bond acceptors (Lipinski definition) is 5. The van der Waals surface area contributed by atoms with Crippen molar-refractivity contribution in [1.29, 1.82) is 0 Å². The lowest BCUT2D eigenvalue weighted by Gasteiger charge is -2.32. The van der Waals surface area contributed by atoms with E-state index in [2.05, 4.69) is 26.0 Å². The van der Waals surface area contributed by atoms with Crippen LogP contribution in [0.5, 0.6) is 11.5 Å². The van der Waals surface area contributed by atoms with Crippen molar-refractivity contribution in [3.8, 4) is 11.5 Å². The van der Waals surface area contributed by atoms with E-state index in [-0.39, 0.29) is 16.7 Å². The van der Waals surface area contributed by atoms with E-state index < -0.39 is 31.7 Å². The van der Waals surface area contributed by atoms with E-state index >= 15 is 0 Å². The maximum absolute atomic E-state index is 12.5. The predicted molar refractivity (Wildman–Crippen MR) is 188 cm³/mol. The summed E-state index contributed by atoms with van der Waals surface area (Å²) in [6.07, 6.45) is -1.23. The fraction of sp³-hybridized carbons (Fsp3) is 0.324. The Balaban J connectivity index is 0.000000322. The number of rotatable bonds is 10. The van der Waals surface area contributed by atoms with Crippen LogP contribution in [0, 0.1) is 6.92 Å². The first-order valence-electron chi connectivity index (χ1n) is 15.0. The number of para-hydroxylation sites is 1. The summed E-state index contributed by atoms with van der Waals surface area (Å²) in [6.45, 7) is 15.8. The molecule has 0 radical (unpaired) electrons. The van der Waals surface area contributed by atoms with Crippen LogP contribution >= 0.6 is 31.8 Å². The van der Waals surface area contributed by atoms with Gasteiger partial charge >= 0.3 is 14.6 Å². The van der Waals surface area contributed by atoms with Gasteiger partial charge in [-0.25, -0.2) is 4.79 Å². The lowest BCUT2D eigenvalue weighted by Crippen LogP contribution is -2.28. The third-order valence-electron chi connectivity index (χ3n) is 7.18. The lowest BCUT2D eigenvalue weighted by molar-refractivity contribution is -0.145. The highest BCUT2D eigenvalue weighted by Gasteiger charge is 2.35. The first-order valence-corrected chi connectivity index (χ1v) is 16.8. The molecule has 2 atom stereocenters. The van der Waals surface area contributed by atoms with Gasteiger partial charge in [0.2, 0.25) is 6.10 Å². The molecule has 2 N–H and O–H groups in total. The number of benzene rings is 4. The topological polar surface area (TPSA) is 85.2 Å². The molecule has 0 spiro atoms. The molecule has 46 heavy (non-hydrogen) atoms. The summed E-state index contributed by atoms with van der Waals surface area (Å²) in [5, 5.41) is 10.9. The fourth-order valence-corrected chi connectivity index (χ4v) is 6.19. The van der Waals surface area contributed by atoms with Crippen molar-refractivity contribution in [2.24, 2.45) is 0 Å². The van der Waals surface area contributed by atoms with Crippen LogP contribution in [0.15, 0.2) is 91.0 Å². The van der Waals surface area contributed by atoms with E-state index in [1.807, 2.05) is 102 Å². The van der Waals surface area contributed by atoms with Gasteiger partial charge in [0.1, 0.15) is 11.5 Å². The maximum atomic E-state index is 12.5. The fourth-order valence-electron chi connectivity index (χ4n) is 4.86. The Bertz CT molecular complexity index is 1600. The van der Waals surface area contributed by atoms with Crippen molar-refractivity contribution < 1.29 is 28.6 Å². The number of aliphatic carboxylic acids is 1. The Kier molecular flexibility index (Phi) is 13.1. The lowest BCUT2D eigenvalue weighted by atomic mass is 9.73. The zero-order valence-corrected chi connectivity index (χ0v) is 30.0. The number of carboxylic acids is 1. The molecule has 0 aromatic heterocycles. The van der Waals surface area contributed by atoms with Crippen molar-refractivity contribution in [2.75, 3.05) is 0 Å².